The molecule has 3 nitrogen and oxygen atoms in total. The summed E-state index contributed by atoms with van der Waals surface area (Å²) < 4.78 is 44.5. The maximum absolute atomic E-state index is 14.1. The van der Waals surface area contributed by atoms with Crippen molar-refractivity contribution in [3.63, 3.8) is 0 Å². The fourth-order valence-electron chi connectivity index (χ4n) is 4.47. The molecule has 3 rings (SSSR count). The van der Waals surface area contributed by atoms with E-state index in [4.69, 9.17) is 14.2 Å². The first-order valence-corrected chi connectivity index (χ1v) is 10.5. The number of hydrogen-bond acceptors (Lipinski definition) is 3. The van der Waals surface area contributed by atoms with Crippen LogP contribution in [0.15, 0.2) is 12.1 Å². The van der Waals surface area contributed by atoms with Crippen LogP contribution in [0.5, 0.6) is 11.5 Å². The fourth-order valence-corrected chi connectivity index (χ4v) is 4.47. The summed E-state index contributed by atoms with van der Waals surface area (Å²) in [6.07, 6.45) is 8.65. The van der Waals surface area contributed by atoms with Gasteiger partial charge in [-0.25, -0.2) is 0 Å². The van der Waals surface area contributed by atoms with Crippen LogP contribution in [0.3, 0.4) is 0 Å². The Hall–Kier alpha value is -1.36. The van der Waals surface area contributed by atoms with E-state index in [0.29, 0.717) is 5.92 Å². The molecule has 2 fully saturated rings. The van der Waals surface area contributed by atoms with Gasteiger partial charge >= 0.3 is 0 Å². The summed E-state index contributed by atoms with van der Waals surface area (Å²) in [6.45, 7) is 5.31. The molecule has 1 heterocycles. The summed E-state index contributed by atoms with van der Waals surface area (Å²) in [6, 6.07) is 2.82. The Balaban J connectivity index is 1.44. The van der Waals surface area contributed by atoms with Crippen LogP contribution in [0.1, 0.15) is 58.8 Å². The molecule has 2 aliphatic rings. The van der Waals surface area contributed by atoms with E-state index >= 15 is 0 Å². The Bertz CT molecular complexity index is 591. The molecule has 152 valence electrons. The van der Waals surface area contributed by atoms with Gasteiger partial charge in [0.25, 0.3) is 0 Å². The third kappa shape index (κ3) is 5.13. The molecule has 1 saturated heterocycles. The molecule has 2 atom stereocenters. The van der Waals surface area contributed by atoms with Gasteiger partial charge in [-0.15, -0.1) is 0 Å². The monoisotopic (exact) mass is 382 g/mol. The number of rotatable bonds is 7. The normalized spacial score (nSPS) is 28.7. The number of hydrogen-bond donors (Lipinski definition) is 0. The zero-order valence-electron chi connectivity index (χ0n) is 16.5. The summed E-state index contributed by atoms with van der Waals surface area (Å²) in [5, 5.41) is 0. The molecule has 1 aliphatic carbocycles. The lowest BCUT2D eigenvalue weighted by Crippen LogP contribution is -2.35. The number of halogens is 2. The van der Waals surface area contributed by atoms with Crippen molar-refractivity contribution in [1.82, 2.24) is 0 Å². The predicted octanol–water partition coefficient (Wildman–Crippen LogP) is 5.75. The van der Waals surface area contributed by atoms with Crippen LogP contribution in [0, 0.1) is 29.4 Å². The van der Waals surface area contributed by atoms with E-state index in [1.165, 1.54) is 44.2 Å². The van der Waals surface area contributed by atoms with Crippen molar-refractivity contribution in [2.75, 3.05) is 19.8 Å². The molecule has 1 aromatic rings. The molecule has 1 saturated carbocycles. The van der Waals surface area contributed by atoms with Crippen LogP contribution in [0.25, 0.3) is 0 Å². The second-order valence-electron chi connectivity index (χ2n) is 7.92. The molecule has 1 aromatic carbocycles. The van der Waals surface area contributed by atoms with Gasteiger partial charge in [0.2, 0.25) is 11.6 Å². The van der Waals surface area contributed by atoms with Crippen molar-refractivity contribution in [2.45, 2.75) is 64.9 Å². The van der Waals surface area contributed by atoms with Gasteiger partial charge in [-0.05, 0) is 62.5 Å². The Morgan fingerprint density at radius 3 is 2.07 bits per heavy atom. The lowest BCUT2D eigenvalue weighted by atomic mass is 9.73. The molecular weight excluding hydrogens is 350 g/mol. The second kappa shape index (κ2) is 9.72. The SMILES string of the molecule is CCOc1ccc(OCC2CCC(C3CCC(CC)CC3)CO2)c(F)c1F. The molecular formula is C22H32F2O3. The zero-order valence-corrected chi connectivity index (χ0v) is 16.5. The van der Waals surface area contributed by atoms with Crippen LogP contribution < -0.4 is 9.47 Å². The highest BCUT2D eigenvalue weighted by Gasteiger charge is 2.31. The van der Waals surface area contributed by atoms with Gasteiger partial charge in [0.1, 0.15) is 6.61 Å². The van der Waals surface area contributed by atoms with Gasteiger partial charge in [0, 0.05) is 0 Å². The summed E-state index contributed by atoms with van der Waals surface area (Å²) in [4.78, 5) is 0. The number of benzene rings is 1. The van der Waals surface area contributed by atoms with E-state index in [9.17, 15) is 8.78 Å². The van der Waals surface area contributed by atoms with E-state index in [1.807, 2.05) is 0 Å². The van der Waals surface area contributed by atoms with Crippen molar-refractivity contribution in [2.24, 2.45) is 17.8 Å². The maximum Gasteiger partial charge on any atom is 0.204 e. The molecule has 5 heteroatoms. The average Bonchev–Trinajstić information content (AvgIpc) is 2.71. The van der Waals surface area contributed by atoms with Crippen LogP contribution in [-0.4, -0.2) is 25.9 Å². The van der Waals surface area contributed by atoms with Crippen molar-refractivity contribution >= 4 is 0 Å². The van der Waals surface area contributed by atoms with E-state index in [2.05, 4.69) is 6.92 Å². The third-order valence-electron chi connectivity index (χ3n) is 6.28. The van der Waals surface area contributed by atoms with E-state index in [-0.39, 0.29) is 30.8 Å². The molecule has 0 aromatic heterocycles. The molecule has 0 spiro atoms. The smallest absolute Gasteiger partial charge is 0.204 e. The van der Waals surface area contributed by atoms with Gasteiger partial charge in [-0.3, -0.25) is 0 Å². The van der Waals surface area contributed by atoms with Crippen LogP contribution >= 0.6 is 0 Å². The van der Waals surface area contributed by atoms with Crippen molar-refractivity contribution in [3.8, 4) is 11.5 Å². The molecule has 1 aliphatic heterocycles. The minimum Gasteiger partial charge on any atom is -0.491 e. The predicted molar refractivity (Wildman–Crippen MR) is 101 cm³/mol. The molecule has 0 radical (unpaired) electrons. The highest BCUT2D eigenvalue weighted by atomic mass is 19.2. The van der Waals surface area contributed by atoms with E-state index in [0.717, 1.165) is 31.3 Å². The summed E-state index contributed by atoms with van der Waals surface area (Å²) >= 11 is 0. The van der Waals surface area contributed by atoms with Crippen molar-refractivity contribution < 1.29 is 23.0 Å². The third-order valence-corrected chi connectivity index (χ3v) is 6.28. The van der Waals surface area contributed by atoms with Crippen molar-refractivity contribution in [3.05, 3.63) is 23.8 Å². The fraction of sp³-hybridized carbons (Fsp3) is 0.727. The Morgan fingerprint density at radius 1 is 0.889 bits per heavy atom. The van der Waals surface area contributed by atoms with Gasteiger partial charge in [-0.1, -0.05) is 26.2 Å². The Morgan fingerprint density at radius 2 is 1.52 bits per heavy atom. The topological polar surface area (TPSA) is 27.7 Å². The number of ether oxygens (including phenoxy) is 3. The maximum atomic E-state index is 14.1. The zero-order chi connectivity index (χ0) is 19.2. The van der Waals surface area contributed by atoms with E-state index in [1.54, 1.807) is 6.92 Å². The van der Waals surface area contributed by atoms with Crippen LogP contribution in [0.4, 0.5) is 8.78 Å². The van der Waals surface area contributed by atoms with Gasteiger partial charge < -0.3 is 14.2 Å². The quantitative estimate of drug-likeness (QED) is 0.601. The summed E-state index contributed by atoms with van der Waals surface area (Å²) in [7, 11) is 0. The van der Waals surface area contributed by atoms with Gasteiger partial charge in [0.05, 0.1) is 19.3 Å². The first-order chi connectivity index (χ1) is 13.1. The van der Waals surface area contributed by atoms with Crippen LogP contribution in [0.2, 0.25) is 0 Å². The minimum absolute atomic E-state index is 0.0535. The lowest BCUT2D eigenvalue weighted by Gasteiger charge is -2.37. The first kappa shape index (κ1) is 20.4. The lowest BCUT2D eigenvalue weighted by molar-refractivity contribution is -0.0564. The summed E-state index contributed by atoms with van der Waals surface area (Å²) in [5.74, 6) is 0.169. The summed E-state index contributed by atoms with van der Waals surface area (Å²) in [5.41, 5.74) is 0. The molecule has 2 unspecified atom stereocenters. The molecule has 0 N–H and O–H groups in total. The van der Waals surface area contributed by atoms with Crippen molar-refractivity contribution in [1.29, 1.82) is 0 Å². The molecule has 0 amide bonds. The van der Waals surface area contributed by atoms with Crippen LogP contribution in [-0.2, 0) is 4.74 Å². The van der Waals surface area contributed by atoms with Gasteiger partial charge in [0.15, 0.2) is 11.5 Å². The standard InChI is InChI=1S/C22H32F2O3/c1-3-15-5-7-16(8-6-15)17-9-10-18(26-13-17)14-27-20-12-11-19(25-4-2)21(23)22(20)24/h11-12,15-18H,3-10,13-14H2,1-2H3. The Kier molecular flexibility index (Phi) is 7.33. The highest BCUT2D eigenvalue weighted by molar-refractivity contribution is 5.35. The molecule has 0 bridgehead atoms. The molecule has 27 heavy (non-hydrogen) atoms. The second-order valence-corrected chi connectivity index (χ2v) is 7.92. The first-order valence-electron chi connectivity index (χ1n) is 10.5. The average molecular weight is 382 g/mol. The van der Waals surface area contributed by atoms with E-state index < -0.39 is 11.6 Å². The largest absolute Gasteiger partial charge is 0.491 e. The minimum atomic E-state index is -0.998. The highest BCUT2D eigenvalue weighted by Crippen LogP contribution is 2.38. The Labute approximate surface area is 161 Å². The van der Waals surface area contributed by atoms with Gasteiger partial charge in [-0.2, -0.15) is 8.78 Å².